The Labute approximate surface area is 157 Å². The number of carbonyl (C=O) groups excluding carboxylic acids is 2. The lowest BCUT2D eigenvalue weighted by atomic mass is 9.74. The number of fused-ring (bicyclic) bond motifs is 1. The van der Waals surface area contributed by atoms with Crippen molar-refractivity contribution in [1.82, 2.24) is 0 Å². The Morgan fingerprint density at radius 1 is 0.615 bits per heavy atom. The Hall–Kier alpha value is -1.70. The zero-order valence-corrected chi connectivity index (χ0v) is 15.8. The average Bonchev–Trinajstić information content (AvgIpc) is 2.70. The van der Waals surface area contributed by atoms with Gasteiger partial charge in [-0.05, 0) is 24.7 Å². The standard InChI is InChI=1S/C24H30O2/c25-23-19-13-7-8-14-20(19)24(26)22(16-18-11-5-2-6-12-18)21(23)15-17-9-3-1-4-10-17/h7-8,13-14,17-18H,1-6,9-12,15-16H2. The van der Waals surface area contributed by atoms with Gasteiger partial charge >= 0.3 is 0 Å². The summed E-state index contributed by atoms with van der Waals surface area (Å²) in [5, 5.41) is 0. The number of rotatable bonds is 4. The van der Waals surface area contributed by atoms with Crippen LogP contribution in [0.2, 0.25) is 0 Å². The van der Waals surface area contributed by atoms with Gasteiger partial charge in [0.1, 0.15) is 0 Å². The van der Waals surface area contributed by atoms with Crippen LogP contribution in [0.5, 0.6) is 0 Å². The first-order chi connectivity index (χ1) is 12.7. The van der Waals surface area contributed by atoms with Gasteiger partial charge in [-0.15, -0.1) is 0 Å². The first kappa shape index (κ1) is 17.7. The molecule has 2 saturated carbocycles. The van der Waals surface area contributed by atoms with E-state index in [1.165, 1.54) is 64.2 Å². The molecule has 0 heterocycles. The van der Waals surface area contributed by atoms with Crippen LogP contribution in [0.1, 0.15) is 97.8 Å². The molecule has 0 aliphatic heterocycles. The maximum absolute atomic E-state index is 13.3. The van der Waals surface area contributed by atoms with Gasteiger partial charge in [0, 0.05) is 22.3 Å². The van der Waals surface area contributed by atoms with Crippen molar-refractivity contribution < 1.29 is 9.59 Å². The Morgan fingerprint density at radius 2 is 1.00 bits per heavy atom. The van der Waals surface area contributed by atoms with Crippen LogP contribution >= 0.6 is 0 Å². The van der Waals surface area contributed by atoms with Crippen molar-refractivity contribution in [3.63, 3.8) is 0 Å². The van der Waals surface area contributed by atoms with Crippen LogP contribution in [0.15, 0.2) is 35.4 Å². The van der Waals surface area contributed by atoms with Gasteiger partial charge in [0.05, 0.1) is 0 Å². The summed E-state index contributed by atoms with van der Waals surface area (Å²) in [6.45, 7) is 0. The maximum atomic E-state index is 13.3. The van der Waals surface area contributed by atoms with E-state index in [0.29, 0.717) is 23.0 Å². The molecule has 3 aliphatic rings. The van der Waals surface area contributed by atoms with Crippen LogP contribution in [0.4, 0.5) is 0 Å². The quantitative estimate of drug-likeness (QED) is 0.638. The van der Waals surface area contributed by atoms with Crippen molar-refractivity contribution >= 4 is 11.6 Å². The van der Waals surface area contributed by atoms with Crippen molar-refractivity contribution in [3.05, 3.63) is 46.5 Å². The van der Waals surface area contributed by atoms with E-state index in [9.17, 15) is 9.59 Å². The third kappa shape index (κ3) is 3.56. The van der Waals surface area contributed by atoms with Crippen molar-refractivity contribution in [1.29, 1.82) is 0 Å². The van der Waals surface area contributed by atoms with Crippen molar-refractivity contribution in [3.8, 4) is 0 Å². The maximum Gasteiger partial charge on any atom is 0.190 e. The average molecular weight is 351 g/mol. The molecule has 138 valence electrons. The smallest absolute Gasteiger partial charge is 0.190 e. The topological polar surface area (TPSA) is 34.1 Å². The molecule has 0 aromatic heterocycles. The SMILES string of the molecule is O=C1C(CC2CCCCC2)=C(CC2CCCCC2)C(=O)c2ccccc21. The third-order valence-corrected chi connectivity index (χ3v) is 6.76. The highest BCUT2D eigenvalue weighted by atomic mass is 16.1. The predicted molar refractivity (Wildman–Crippen MR) is 105 cm³/mol. The van der Waals surface area contributed by atoms with E-state index in [4.69, 9.17) is 0 Å². The number of allylic oxidation sites excluding steroid dienone is 2. The summed E-state index contributed by atoms with van der Waals surface area (Å²) in [4.78, 5) is 26.6. The second kappa shape index (κ2) is 7.90. The minimum absolute atomic E-state index is 0.136. The highest BCUT2D eigenvalue weighted by Crippen LogP contribution is 2.39. The third-order valence-electron chi connectivity index (χ3n) is 6.76. The number of ketones is 2. The summed E-state index contributed by atoms with van der Waals surface area (Å²) in [6.07, 6.45) is 14.2. The molecule has 26 heavy (non-hydrogen) atoms. The molecular formula is C24H30O2. The van der Waals surface area contributed by atoms with Gasteiger partial charge < -0.3 is 0 Å². The van der Waals surface area contributed by atoms with Crippen molar-refractivity contribution in [2.24, 2.45) is 11.8 Å². The first-order valence-electron chi connectivity index (χ1n) is 10.6. The minimum atomic E-state index is 0.136. The summed E-state index contributed by atoms with van der Waals surface area (Å²) in [5.41, 5.74) is 3.00. The van der Waals surface area contributed by atoms with Gasteiger partial charge in [0.2, 0.25) is 0 Å². The second-order valence-electron chi connectivity index (χ2n) is 8.58. The lowest BCUT2D eigenvalue weighted by molar-refractivity contribution is 0.0961. The number of benzene rings is 1. The van der Waals surface area contributed by atoms with E-state index in [1.54, 1.807) is 0 Å². The number of carbonyl (C=O) groups is 2. The summed E-state index contributed by atoms with van der Waals surface area (Å²) in [7, 11) is 0. The van der Waals surface area contributed by atoms with Crippen LogP contribution in [-0.4, -0.2) is 11.6 Å². The number of hydrogen-bond acceptors (Lipinski definition) is 2. The molecule has 0 atom stereocenters. The molecule has 4 rings (SSSR count). The zero-order valence-electron chi connectivity index (χ0n) is 15.8. The van der Waals surface area contributed by atoms with Gasteiger partial charge in [-0.2, -0.15) is 0 Å². The highest BCUT2D eigenvalue weighted by molar-refractivity contribution is 6.26. The number of hydrogen-bond donors (Lipinski definition) is 0. The van der Waals surface area contributed by atoms with E-state index in [1.807, 2.05) is 24.3 Å². The molecule has 3 aliphatic carbocycles. The Morgan fingerprint density at radius 3 is 1.38 bits per heavy atom. The van der Waals surface area contributed by atoms with Crippen molar-refractivity contribution in [2.45, 2.75) is 77.0 Å². The lowest BCUT2D eigenvalue weighted by Gasteiger charge is -2.29. The van der Waals surface area contributed by atoms with Gasteiger partial charge in [0.15, 0.2) is 11.6 Å². The van der Waals surface area contributed by atoms with E-state index < -0.39 is 0 Å². The van der Waals surface area contributed by atoms with Gasteiger partial charge in [-0.25, -0.2) is 0 Å². The second-order valence-corrected chi connectivity index (χ2v) is 8.58. The Kier molecular flexibility index (Phi) is 5.38. The molecule has 0 radical (unpaired) electrons. The molecule has 2 heteroatoms. The fraction of sp³-hybridized carbons (Fsp3) is 0.583. The highest BCUT2D eigenvalue weighted by Gasteiger charge is 2.34. The van der Waals surface area contributed by atoms with Crippen LogP contribution < -0.4 is 0 Å². The van der Waals surface area contributed by atoms with E-state index in [-0.39, 0.29) is 11.6 Å². The molecule has 2 fully saturated rings. The molecule has 0 N–H and O–H groups in total. The normalized spacial score (nSPS) is 22.6. The van der Waals surface area contributed by atoms with Crippen LogP contribution in [0, 0.1) is 11.8 Å². The number of Topliss-reactive ketones (excluding diaryl/α,β-unsaturated/α-hetero) is 2. The van der Waals surface area contributed by atoms with E-state index >= 15 is 0 Å². The molecule has 0 bridgehead atoms. The zero-order chi connectivity index (χ0) is 17.9. The van der Waals surface area contributed by atoms with Gasteiger partial charge in [-0.1, -0.05) is 88.5 Å². The van der Waals surface area contributed by atoms with Crippen molar-refractivity contribution in [2.75, 3.05) is 0 Å². The van der Waals surface area contributed by atoms with E-state index in [2.05, 4.69) is 0 Å². The summed E-state index contributed by atoms with van der Waals surface area (Å²) in [6, 6.07) is 7.45. The van der Waals surface area contributed by atoms with Crippen LogP contribution in [-0.2, 0) is 0 Å². The van der Waals surface area contributed by atoms with Gasteiger partial charge in [0.25, 0.3) is 0 Å². The van der Waals surface area contributed by atoms with Crippen LogP contribution in [0.3, 0.4) is 0 Å². The molecule has 0 amide bonds. The lowest BCUT2D eigenvalue weighted by Crippen LogP contribution is -2.25. The first-order valence-corrected chi connectivity index (χ1v) is 10.6. The fourth-order valence-electron chi connectivity index (χ4n) is 5.27. The van der Waals surface area contributed by atoms with Crippen LogP contribution in [0.25, 0.3) is 0 Å². The molecule has 0 saturated heterocycles. The van der Waals surface area contributed by atoms with E-state index in [0.717, 1.165) is 24.0 Å². The molecule has 0 spiro atoms. The molecule has 1 aromatic carbocycles. The molecule has 2 nitrogen and oxygen atoms in total. The monoisotopic (exact) mass is 350 g/mol. The summed E-state index contributed by atoms with van der Waals surface area (Å²) in [5.74, 6) is 1.44. The predicted octanol–water partition coefficient (Wildman–Crippen LogP) is 6.30. The Bertz CT molecular complexity index is 654. The summed E-state index contributed by atoms with van der Waals surface area (Å²) >= 11 is 0. The fourth-order valence-corrected chi connectivity index (χ4v) is 5.27. The Balaban J connectivity index is 1.67. The minimum Gasteiger partial charge on any atom is -0.289 e. The van der Waals surface area contributed by atoms with Gasteiger partial charge in [-0.3, -0.25) is 9.59 Å². The largest absolute Gasteiger partial charge is 0.289 e. The molecule has 0 unspecified atom stereocenters. The molecule has 1 aromatic rings. The summed E-state index contributed by atoms with van der Waals surface area (Å²) < 4.78 is 0. The molecular weight excluding hydrogens is 320 g/mol.